The van der Waals surface area contributed by atoms with Crippen LogP contribution >= 0.6 is 0 Å². The van der Waals surface area contributed by atoms with Gasteiger partial charge < -0.3 is 9.47 Å². The van der Waals surface area contributed by atoms with Gasteiger partial charge in [-0.2, -0.15) is 0 Å². The van der Waals surface area contributed by atoms with Crippen molar-refractivity contribution in [2.45, 2.75) is 34.3 Å². The Morgan fingerprint density at radius 2 is 1.81 bits per heavy atom. The molecule has 0 aliphatic carbocycles. The molecule has 0 spiro atoms. The first-order chi connectivity index (χ1) is 15.1. The molecule has 0 atom stereocenters. The quantitative estimate of drug-likeness (QED) is 0.325. The predicted octanol–water partition coefficient (Wildman–Crippen LogP) is 3.15. The van der Waals surface area contributed by atoms with Crippen LogP contribution in [0.25, 0.3) is 16.6 Å². The first-order valence-corrected chi connectivity index (χ1v) is 9.76. The molecule has 0 fully saturated rings. The molecular weight excluding hydrogens is 418 g/mol. The fourth-order valence-corrected chi connectivity index (χ4v) is 3.51. The third-order valence-electron chi connectivity index (χ3n) is 4.88. The molecule has 3 aromatic rings. The van der Waals surface area contributed by atoms with Gasteiger partial charge in [-0.15, -0.1) is 0 Å². The molecule has 0 unspecified atom stereocenters. The Balaban J connectivity index is 2.33. The van der Waals surface area contributed by atoms with Crippen LogP contribution < -0.4 is 5.56 Å². The van der Waals surface area contributed by atoms with E-state index in [9.17, 15) is 24.5 Å². The molecule has 3 rings (SSSR count). The summed E-state index contributed by atoms with van der Waals surface area (Å²) in [5, 5.41) is 11.2. The van der Waals surface area contributed by atoms with E-state index in [0.717, 1.165) is 0 Å². The van der Waals surface area contributed by atoms with Crippen LogP contribution in [0.1, 0.15) is 41.2 Å². The summed E-state index contributed by atoms with van der Waals surface area (Å²) in [5.74, 6) is -0.969. The Morgan fingerprint density at radius 1 is 1.16 bits per heavy atom. The van der Waals surface area contributed by atoms with Crippen LogP contribution in [-0.4, -0.2) is 33.0 Å². The highest BCUT2D eigenvalue weighted by molar-refractivity contribution is 5.99. The zero-order valence-electron chi connectivity index (χ0n) is 18.0. The molecule has 32 heavy (non-hydrogen) atoms. The average Bonchev–Trinajstić information content (AvgIpc) is 2.72. The summed E-state index contributed by atoms with van der Waals surface area (Å²) < 4.78 is 11.4. The molecule has 0 bridgehead atoms. The van der Waals surface area contributed by atoms with Crippen LogP contribution in [0.2, 0.25) is 0 Å². The number of nitro benzene ring substituents is 1. The Morgan fingerprint density at radius 3 is 2.38 bits per heavy atom. The summed E-state index contributed by atoms with van der Waals surface area (Å²) in [4.78, 5) is 52.3. The number of rotatable bonds is 6. The van der Waals surface area contributed by atoms with E-state index in [2.05, 4.69) is 4.98 Å². The normalized spacial score (nSPS) is 10.8. The van der Waals surface area contributed by atoms with Crippen molar-refractivity contribution in [1.29, 1.82) is 0 Å². The van der Waals surface area contributed by atoms with Crippen molar-refractivity contribution in [2.75, 3.05) is 6.61 Å². The van der Waals surface area contributed by atoms with Crippen molar-refractivity contribution in [3.8, 4) is 5.69 Å². The number of carbonyl (C=O) groups is 2. The predicted molar refractivity (Wildman–Crippen MR) is 115 cm³/mol. The smallest absolute Gasteiger partial charge is 0.338 e. The van der Waals surface area contributed by atoms with Crippen LogP contribution in [0, 0.1) is 24.0 Å². The first kappa shape index (κ1) is 22.6. The summed E-state index contributed by atoms with van der Waals surface area (Å²) in [6.45, 7) is 6.17. The lowest BCUT2D eigenvalue weighted by Crippen LogP contribution is -2.26. The van der Waals surface area contributed by atoms with E-state index in [0.29, 0.717) is 22.3 Å². The van der Waals surface area contributed by atoms with Crippen LogP contribution in [0.15, 0.2) is 35.1 Å². The monoisotopic (exact) mass is 439 g/mol. The molecule has 1 aromatic heterocycles. The molecule has 2 aromatic carbocycles. The van der Waals surface area contributed by atoms with Gasteiger partial charge in [0.15, 0.2) is 5.82 Å². The lowest BCUT2D eigenvalue weighted by molar-refractivity contribution is -0.384. The van der Waals surface area contributed by atoms with Gasteiger partial charge >= 0.3 is 11.9 Å². The second kappa shape index (κ2) is 8.96. The van der Waals surface area contributed by atoms with Crippen molar-refractivity contribution in [3.63, 3.8) is 0 Å². The van der Waals surface area contributed by atoms with E-state index in [1.807, 2.05) is 0 Å². The lowest BCUT2D eigenvalue weighted by Gasteiger charge is -2.16. The molecule has 166 valence electrons. The summed E-state index contributed by atoms with van der Waals surface area (Å²) >= 11 is 0. The topological polar surface area (TPSA) is 131 Å². The van der Waals surface area contributed by atoms with Crippen LogP contribution in [0.5, 0.6) is 0 Å². The van der Waals surface area contributed by atoms with Gasteiger partial charge in [0, 0.05) is 19.1 Å². The number of hydrogen-bond acceptors (Lipinski definition) is 8. The number of aryl methyl sites for hydroxylation is 2. The van der Waals surface area contributed by atoms with Crippen molar-refractivity contribution in [3.05, 3.63) is 73.3 Å². The maximum absolute atomic E-state index is 13.6. The molecule has 0 N–H and O–H groups in total. The van der Waals surface area contributed by atoms with Gasteiger partial charge in [-0.25, -0.2) is 9.78 Å². The van der Waals surface area contributed by atoms with Gasteiger partial charge in [0.25, 0.3) is 11.2 Å². The minimum atomic E-state index is -0.556. The number of hydrogen-bond donors (Lipinski definition) is 0. The number of aromatic nitrogens is 2. The number of non-ortho nitro benzene ring substituents is 1. The maximum atomic E-state index is 13.6. The van der Waals surface area contributed by atoms with E-state index in [-0.39, 0.29) is 35.7 Å². The zero-order valence-corrected chi connectivity index (χ0v) is 18.0. The van der Waals surface area contributed by atoms with E-state index in [1.54, 1.807) is 26.8 Å². The van der Waals surface area contributed by atoms with Crippen LogP contribution in [-0.2, 0) is 20.9 Å². The minimum absolute atomic E-state index is 0.134. The molecule has 0 saturated carbocycles. The fraction of sp³-hybridized carbons (Fsp3) is 0.273. The molecule has 0 saturated heterocycles. The number of nitrogens with zero attached hydrogens (tertiary/aromatic N) is 3. The van der Waals surface area contributed by atoms with Crippen molar-refractivity contribution < 1.29 is 24.0 Å². The molecule has 0 aliphatic rings. The summed E-state index contributed by atoms with van der Waals surface area (Å²) in [7, 11) is 0. The Bertz CT molecular complexity index is 1290. The molecule has 10 nitrogen and oxygen atoms in total. The van der Waals surface area contributed by atoms with Gasteiger partial charge in [-0.1, -0.05) is 0 Å². The highest BCUT2D eigenvalue weighted by Crippen LogP contribution is 2.25. The summed E-state index contributed by atoms with van der Waals surface area (Å²) in [6, 6.07) is 6.93. The third kappa shape index (κ3) is 4.20. The second-order valence-electron chi connectivity index (χ2n) is 7.03. The summed E-state index contributed by atoms with van der Waals surface area (Å²) in [6.07, 6.45) is 0. The zero-order chi connectivity index (χ0) is 23.6. The van der Waals surface area contributed by atoms with E-state index in [4.69, 9.17) is 9.47 Å². The average molecular weight is 439 g/mol. The third-order valence-corrected chi connectivity index (χ3v) is 4.88. The number of ether oxygens (including phenoxy) is 2. The molecule has 0 amide bonds. The lowest BCUT2D eigenvalue weighted by atomic mass is 9.98. The number of carbonyl (C=O) groups excluding carboxylic acids is 2. The minimum Gasteiger partial charge on any atom is -0.462 e. The van der Waals surface area contributed by atoms with E-state index in [1.165, 1.54) is 35.8 Å². The first-order valence-electron chi connectivity index (χ1n) is 9.76. The van der Waals surface area contributed by atoms with E-state index >= 15 is 0 Å². The Kier molecular flexibility index (Phi) is 6.33. The van der Waals surface area contributed by atoms with Gasteiger partial charge in [-0.3, -0.25) is 24.3 Å². The molecule has 0 aliphatic heterocycles. The number of benzene rings is 2. The van der Waals surface area contributed by atoms with Crippen molar-refractivity contribution >= 4 is 28.5 Å². The number of fused-ring (bicyclic) bond motifs is 1. The molecule has 0 radical (unpaired) electrons. The van der Waals surface area contributed by atoms with Gasteiger partial charge in [-0.05, 0) is 50.1 Å². The molecule has 1 heterocycles. The highest BCUT2D eigenvalue weighted by Gasteiger charge is 2.22. The molecule has 10 heteroatoms. The largest absolute Gasteiger partial charge is 0.462 e. The Labute approximate surface area is 182 Å². The highest BCUT2D eigenvalue weighted by atomic mass is 16.6. The van der Waals surface area contributed by atoms with Crippen molar-refractivity contribution in [2.24, 2.45) is 0 Å². The molecular formula is C22H21N3O7. The van der Waals surface area contributed by atoms with Crippen molar-refractivity contribution in [1.82, 2.24) is 9.55 Å². The Hall–Kier alpha value is -4.08. The number of nitro groups is 1. The number of esters is 2. The van der Waals surface area contributed by atoms with Crippen LogP contribution in [0.4, 0.5) is 5.69 Å². The SMILES string of the molecule is CCOC(=O)c1c(C)cc2nc(COC(C)=O)n(-c3ccc([N+](=O)[O-])cc3)c(=O)c2c1C. The fourth-order valence-electron chi connectivity index (χ4n) is 3.51. The van der Waals surface area contributed by atoms with Crippen LogP contribution in [0.3, 0.4) is 0 Å². The standard InChI is InChI=1S/C22H21N3O7/c1-5-31-22(28)19-12(2)10-17-20(13(19)3)21(27)24(18(23-17)11-32-14(4)26)15-6-8-16(9-7-15)25(29)30/h6-10H,5,11H2,1-4H3. The summed E-state index contributed by atoms with van der Waals surface area (Å²) in [5.41, 5.74) is 1.26. The van der Waals surface area contributed by atoms with Gasteiger partial charge in [0.05, 0.1) is 33.7 Å². The second-order valence-corrected chi connectivity index (χ2v) is 7.03. The van der Waals surface area contributed by atoms with Gasteiger partial charge in [0.2, 0.25) is 0 Å². The van der Waals surface area contributed by atoms with E-state index < -0.39 is 22.4 Å². The van der Waals surface area contributed by atoms with Gasteiger partial charge in [0.1, 0.15) is 6.61 Å². The maximum Gasteiger partial charge on any atom is 0.338 e.